The quantitative estimate of drug-likeness (QED) is 0.652. The number of ether oxygens (including phenoxy) is 1. The van der Waals surface area contributed by atoms with Gasteiger partial charge in [0.15, 0.2) is 0 Å². The summed E-state index contributed by atoms with van der Waals surface area (Å²) < 4.78 is 5.69. The number of fused-ring (bicyclic) bond motifs is 1. The summed E-state index contributed by atoms with van der Waals surface area (Å²) in [5.41, 5.74) is 6.69. The van der Waals surface area contributed by atoms with Crippen molar-refractivity contribution in [3.05, 3.63) is 18.2 Å². The van der Waals surface area contributed by atoms with E-state index in [4.69, 9.17) is 10.5 Å². The second kappa shape index (κ2) is 3.14. The van der Waals surface area contributed by atoms with Crippen LogP contribution >= 0.6 is 0 Å². The Morgan fingerprint density at radius 2 is 2.19 bits per heavy atom. The third kappa shape index (κ3) is 1.19. The molecule has 2 aliphatic rings. The van der Waals surface area contributed by atoms with Crippen LogP contribution in [0, 0.1) is 5.41 Å². The first-order valence-corrected chi connectivity index (χ1v) is 5.54. The van der Waals surface area contributed by atoms with E-state index in [-0.39, 0.29) is 11.3 Å². The standard InChI is InChI=1S/C12H14N2O2/c13-8-3-1-4-9-10(8)14-11(15)12(7-16-9)5-2-6-12/h1,3-4H,2,5-7,13H2,(H,14,15). The fraction of sp³-hybridized carbons (Fsp3) is 0.417. The van der Waals surface area contributed by atoms with Crippen LogP contribution in [0.25, 0.3) is 0 Å². The van der Waals surface area contributed by atoms with Gasteiger partial charge in [-0.15, -0.1) is 0 Å². The van der Waals surface area contributed by atoms with Gasteiger partial charge in [-0.1, -0.05) is 12.5 Å². The third-order valence-corrected chi connectivity index (χ3v) is 3.59. The molecule has 0 aromatic heterocycles. The smallest absolute Gasteiger partial charge is 0.234 e. The maximum absolute atomic E-state index is 12.1. The highest BCUT2D eigenvalue weighted by Gasteiger charge is 2.46. The normalized spacial score (nSPS) is 21.4. The van der Waals surface area contributed by atoms with Gasteiger partial charge in [-0.05, 0) is 25.0 Å². The van der Waals surface area contributed by atoms with Gasteiger partial charge in [-0.2, -0.15) is 0 Å². The second-order valence-corrected chi connectivity index (χ2v) is 4.60. The Kier molecular flexibility index (Phi) is 1.87. The van der Waals surface area contributed by atoms with E-state index in [1.807, 2.05) is 12.1 Å². The van der Waals surface area contributed by atoms with Crippen molar-refractivity contribution in [3.8, 4) is 5.75 Å². The van der Waals surface area contributed by atoms with Gasteiger partial charge in [0.2, 0.25) is 5.91 Å². The lowest BCUT2D eigenvalue weighted by Crippen LogP contribution is -2.45. The molecule has 0 radical (unpaired) electrons. The maximum Gasteiger partial charge on any atom is 0.234 e. The van der Waals surface area contributed by atoms with E-state index in [0.717, 1.165) is 19.3 Å². The summed E-state index contributed by atoms with van der Waals surface area (Å²) in [4.78, 5) is 12.1. The van der Waals surface area contributed by atoms with Crippen LogP contribution in [0.1, 0.15) is 19.3 Å². The lowest BCUT2D eigenvalue weighted by atomic mass is 9.69. The zero-order valence-electron chi connectivity index (χ0n) is 8.95. The maximum atomic E-state index is 12.1. The number of rotatable bonds is 0. The molecule has 1 aliphatic heterocycles. The Bertz CT molecular complexity index is 452. The Morgan fingerprint density at radius 3 is 2.88 bits per heavy atom. The number of hydrogen-bond donors (Lipinski definition) is 2. The average molecular weight is 218 g/mol. The van der Waals surface area contributed by atoms with E-state index < -0.39 is 0 Å². The van der Waals surface area contributed by atoms with Crippen molar-refractivity contribution in [1.29, 1.82) is 0 Å². The molecule has 1 aromatic carbocycles. The van der Waals surface area contributed by atoms with Crippen LogP contribution in [0.4, 0.5) is 11.4 Å². The molecule has 1 amide bonds. The number of carbonyl (C=O) groups is 1. The molecule has 4 heteroatoms. The molecule has 4 nitrogen and oxygen atoms in total. The molecule has 16 heavy (non-hydrogen) atoms. The van der Waals surface area contributed by atoms with Crippen LogP contribution in [-0.2, 0) is 4.79 Å². The van der Waals surface area contributed by atoms with Crippen molar-refractivity contribution in [2.45, 2.75) is 19.3 Å². The number of nitrogens with two attached hydrogens (primary N) is 1. The molecule has 1 aromatic rings. The summed E-state index contributed by atoms with van der Waals surface area (Å²) in [5.74, 6) is 0.729. The first-order chi connectivity index (χ1) is 7.71. The topological polar surface area (TPSA) is 64.3 Å². The highest BCUT2D eigenvalue weighted by Crippen LogP contribution is 2.46. The molecule has 84 valence electrons. The van der Waals surface area contributed by atoms with E-state index >= 15 is 0 Å². The van der Waals surface area contributed by atoms with E-state index in [0.29, 0.717) is 23.7 Å². The third-order valence-electron chi connectivity index (χ3n) is 3.59. The molecule has 3 rings (SSSR count). The van der Waals surface area contributed by atoms with Gasteiger partial charge < -0.3 is 15.8 Å². The van der Waals surface area contributed by atoms with Crippen LogP contribution in [0.2, 0.25) is 0 Å². The summed E-state index contributed by atoms with van der Waals surface area (Å²) in [6, 6.07) is 5.43. The van der Waals surface area contributed by atoms with E-state index in [1.165, 1.54) is 0 Å². The number of amides is 1. The van der Waals surface area contributed by atoms with E-state index in [2.05, 4.69) is 5.32 Å². The highest BCUT2D eigenvalue weighted by molar-refractivity contribution is 6.00. The van der Waals surface area contributed by atoms with Gasteiger partial charge in [0, 0.05) is 0 Å². The minimum absolute atomic E-state index is 0.0513. The fourth-order valence-corrected chi connectivity index (χ4v) is 2.30. The minimum atomic E-state index is -0.314. The molecule has 0 unspecified atom stereocenters. The van der Waals surface area contributed by atoms with Crippen LogP contribution in [0.3, 0.4) is 0 Å². The molecular formula is C12H14N2O2. The first-order valence-electron chi connectivity index (χ1n) is 5.54. The fourth-order valence-electron chi connectivity index (χ4n) is 2.30. The summed E-state index contributed by atoms with van der Waals surface area (Å²) in [5, 5.41) is 2.89. The zero-order chi connectivity index (χ0) is 11.2. The van der Waals surface area contributed by atoms with Gasteiger partial charge in [-0.25, -0.2) is 0 Å². The number of para-hydroxylation sites is 1. The van der Waals surface area contributed by atoms with Crippen molar-refractivity contribution in [2.24, 2.45) is 5.41 Å². The van der Waals surface area contributed by atoms with Gasteiger partial charge >= 0.3 is 0 Å². The van der Waals surface area contributed by atoms with Gasteiger partial charge in [0.25, 0.3) is 0 Å². The van der Waals surface area contributed by atoms with Crippen molar-refractivity contribution >= 4 is 17.3 Å². The predicted molar refractivity (Wildman–Crippen MR) is 61.3 cm³/mol. The SMILES string of the molecule is Nc1cccc2c1NC(=O)C1(CCC1)CO2. The largest absolute Gasteiger partial charge is 0.490 e. The number of nitrogens with one attached hydrogen (secondary N) is 1. The number of anilines is 2. The Hall–Kier alpha value is -1.71. The zero-order valence-corrected chi connectivity index (χ0v) is 8.95. The average Bonchev–Trinajstić information content (AvgIpc) is 2.35. The molecule has 1 spiro atoms. The second-order valence-electron chi connectivity index (χ2n) is 4.60. The Morgan fingerprint density at radius 1 is 1.38 bits per heavy atom. The number of nitrogen functional groups attached to an aromatic ring is 1. The summed E-state index contributed by atoms with van der Waals surface area (Å²) in [6.07, 6.45) is 2.92. The van der Waals surface area contributed by atoms with Crippen molar-refractivity contribution in [1.82, 2.24) is 0 Å². The van der Waals surface area contributed by atoms with Crippen molar-refractivity contribution < 1.29 is 9.53 Å². The first kappa shape index (κ1) is 9.51. The summed E-state index contributed by atoms with van der Waals surface area (Å²) >= 11 is 0. The van der Waals surface area contributed by atoms with Crippen LogP contribution in [0.5, 0.6) is 5.75 Å². The highest BCUT2D eigenvalue weighted by atomic mass is 16.5. The van der Waals surface area contributed by atoms with E-state index in [1.54, 1.807) is 6.07 Å². The van der Waals surface area contributed by atoms with Gasteiger partial charge in [0.1, 0.15) is 18.0 Å². The molecule has 0 atom stereocenters. The van der Waals surface area contributed by atoms with E-state index in [9.17, 15) is 4.79 Å². The van der Waals surface area contributed by atoms with Crippen LogP contribution in [-0.4, -0.2) is 12.5 Å². The van der Waals surface area contributed by atoms with Crippen LogP contribution < -0.4 is 15.8 Å². The van der Waals surface area contributed by atoms with Gasteiger partial charge in [0.05, 0.1) is 11.1 Å². The Labute approximate surface area is 93.8 Å². The molecule has 1 heterocycles. The van der Waals surface area contributed by atoms with Gasteiger partial charge in [-0.3, -0.25) is 4.79 Å². The number of hydrogen-bond acceptors (Lipinski definition) is 3. The monoisotopic (exact) mass is 218 g/mol. The van der Waals surface area contributed by atoms with Crippen molar-refractivity contribution in [2.75, 3.05) is 17.7 Å². The molecule has 0 saturated heterocycles. The summed E-state index contributed by atoms with van der Waals surface area (Å²) in [7, 11) is 0. The molecule has 1 fully saturated rings. The lowest BCUT2D eigenvalue weighted by Gasteiger charge is -2.37. The molecular weight excluding hydrogens is 204 g/mol. The van der Waals surface area contributed by atoms with Crippen LogP contribution in [0.15, 0.2) is 18.2 Å². The molecule has 1 saturated carbocycles. The lowest BCUT2D eigenvalue weighted by molar-refractivity contribution is -0.132. The summed E-state index contributed by atoms with van der Waals surface area (Å²) in [6.45, 7) is 0.468. The molecule has 1 aliphatic carbocycles. The number of carbonyl (C=O) groups excluding carboxylic acids is 1. The Balaban J connectivity index is 2.00. The van der Waals surface area contributed by atoms with Crippen molar-refractivity contribution in [3.63, 3.8) is 0 Å². The number of benzene rings is 1. The predicted octanol–water partition coefficient (Wildman–Crippen LogP) is 1.77. The minimum Gasteiger partial charge on any atom is -0.490 e. The molecule has 3 N–H and O–H groups in total. The molecule has 0 bridgehead atoms.